The molecule has 0 spiro atoms. The summed E-state index contributed by atoms with van der Waals surface area (Å²) in [7, 11) is 0. The first-order valence-corrected chi connectivity index (χ1v) is 15.9. The summed E-state index contributed by atoms with van der Waals surface area (Å²) in [6, 6.07) is -3.12. The van der Waals surface area contributed by atoms with Crippen molar-refractivity contribution in [3.05, 3.63) is 0 Å². The molecule has 22 nitrogen and oxygen atoms in total. The van der Waals surface area contributed by atoms with Crippen LogP contribution in [-0.4, -0.2) is 216 Å². The lowest BCUT2D eigenvalue weighted by molar-refractivity contribution is -0.382. The van der Waals surface area contributed by atoms with Gasteiger partial charge in [-0.05, 0) is 6.92 Å². The maximum absolute atomic E-state index is 12.4. The van der Waals surface area contributed by atoms with E-state index in [1.807, 2.05) is 0 Å². The van der Waals surface area contributed by atoms with Crippen LogP contribution in [0.2, 0.25) is 0 Å². The Balaban J connectivity index is 2.03. The van der Waals surface area contributed by atoms with E-state index < -0.39 is 155 Å². The van der Waals surface area contributed by atoms with Crippen LogP contribution < -0.4 is 10.6 Å². The number of nitrogens with one attached hydrogen (secondary N) is 2. The summed E-state index contributed by atoms with van der Waals surface area (Å²) < 4.78 is 34.3. The number of carbonyl (C=O) groups excluding carboxylic acids is 2. The van der Waals surface area contributed by atoms with Gasteiger partial charge in [-0.1, -0.05) is 0 Å². The van der Waals surface area contributed by atoms with Crippen molar-refractivity contribution < 1.29 is 99.3 Å². The zero-order chi connectivity index (χ0) is 37.6. The Bertz CT molecular complexity index is 1080. The Labute approximate surface area is 285 Å². The molecule has 3 fully saturated rings. The van der Waals surface area contributed by atoms with Crippen molar-refractivity contribution in [1.82, 2.24) is 10.6 Å². The molecule has 3 aliphatic heterocycles. The normalized spacial score (nSPS) is 41.9. The van der Waals surface area contributed by atoms with E-state index in [0.717, 1.165) is 13.8 Å². The number of hydrogen-bond donors (Lipinski definition) is 14. The number of carbonyl (C=O) groups is 2. The first-order chi connectivity index (χ1) is 23.5. The molecule has 0 aromatic heterocycles. The van der Waals surface area contributed by atoms with Gasteiger partial charge in [0.25, 0.3) is 0 Å². The van der Waals surface area contributed by atoms with Crippen molar-refractivity contribution in [2.75, 3.05) is 26.4 Å². The van der Waals surface area contributed by atoms with Crippen LogP contribution >= 0.6 is 0 Å². The summed E-state index contributed by atoms with van der Waals surface area (Å²) in [5.74, 6) is -1.50. The molecule has 3 aliphatic rings. The summed E-state index contributed by atoms with van der Waals surface area (Å²) in [6.07, 6.45) is -30.1. The minimum absolute atomic E-state index is 0.709. The fourth-order valence-corrected chi connectivity index (χ4v) is 5.87. The predicted molar refractivity (Wildman–Crippen MR) is 158 cm³/mol. The Kier molecular flexibility index (Phi) is 16.0. The van der Waals surface area contributed by atoms with Gasteiger partial charge in [0.1, 0.15) is 85.4 Å². The molecular weight excluding hydrogens is 684 g/mol. The van der Waals surface area contributed by atoms with Crippen molar-refractivity contribution in [3.8, 4) is 0 Å². The van der Waals surface area contributed by atoms with Gasteiger partial charge in [-0.15, -0.1) is 0 Å². The van der Waals surface area contributed by atoms with Gasteiger partial charge in [0.2, 0.25) is 11.8 Å². The van der Waals surface area contributed by atoms with Crippen LogP contribution in [0.4, 0.5) is 0 Å². The van der Waals surface area contributed by atoms with Crippen LogP contribution in [0.3, 0.4) is 0 Å². The summed E-state index contributed by atoms with van der Waals surface area (Å²) in [4.78, 5) is 24.3. The van der Waals surface area contributed by atoms with Crippen LogP contribution in [0.5, 0.6) is 0 Å². The summed E-state index contributed by atoms with van der Waals surface area (Å²) >= 11 is 0. The molecule has 0 saturated carbocycles. The topological polar surface area (TPSA) is 356 Å². The molecule has 14 N–H and O–H groups in total. The molecule has 3 saturated heterocycles. The van der Waals surface area contributed by atoms with Crippen LogP contribution in [-0.2, 0) is 38.0 Å². The molecule has 3 heterocycles. The highest BCUT2D eigenvalue weighted by Gasteiger charge is 2.55. The fourth-order valence-electron chi connectivity index (χ4n) is 5.87. The number of aliphatic hydroxyl groups is 12. The number of hydrogen-bond acceptors (Lipinski definition) is 20. The zero-order valence-corrected chi connectivity index (χ0v) is 27.4. The molecule has 50 heavy (non-hydrogen) atoms. The van der Waals surface area contributed by atoms with Crippen LogP contribution in [0, 0.1) is 0 Å². The van der Waals surface area contributed by atoms with Gasteiger partial charge in [-0.25, -0.2) is 0 Å². The average molecular weight is 735 g/mol. The predicted octanol–water partition coefficient (Wildman–Crippen LogP) is -8.80. The third kappa shape index (κ3) is 9.80. The molecule has 2 amide bonds. The third-order valence-electron chi connectivity index (χ3n) is 8.63. The molecule has 0 bridgehead atoms. The maximum Gasteiger partial charge on any atom is 0.217 e. The summed E-state index contributed by atoms with van der Waals surface area (Å²) in [6.45, 7) is -0.244. The number of ether oxygens (including phenoxy) is 6. The standard InChI is InChI=1S/C28H50N2O20/c1-8-16(38)20(42)22(44)27(45-8)50-25-21(43)18(40)13(6-33)47-28(25)49-24-15(30-10(3)36)26(46-14(7-34)19(24)41)48-23(17(39)12(37)5-32)11(4-31)29-9(2)35/h8,11-28,31-34,37-44H,4-7H2,1-3H3,(H,29,35)(H,30,36)/t8-,11-,12+,13+,14+,15+,16+,17-,18-,19+,20+,21-,22-,23+,24+,25+,26-,27-,28-/m0/s1. The van der Waals surface area contributed by atoms with Gasteiger partial charge in [-0.3, -0.25) is 9.59 Å². The van der Waals surface area contributed by atoms with Gasteiger partial charge < -0.3 is 100 Å². The summed E-state index contributed by atoms with van der Waals surface area (Å²) in [5.41, 5.74) is 0. The molecule has 0 aromatic carbocycles. The van der Waals surface area contributed by atoms with E-state index >= 15 is 0 Å². The molecule has 0 radical (unpaired) electrons. The van der Waals surface area contributed by atoms with Gasteiger partial charge in [-0.2, -0.15) is 0 Å². The Morgan fingerprint density at radius 2 is 1.26 bits per heavy atom. The molecule has 22 heteroatoms. The van der Waals surface area contributed by atoms with Crippen LogP contribution in [0.15, 0.2) is 0 Å². The Morgan fingerprint density at radius 1 is 0.680 bits per heavy atom. The second kappa shape index (κ2) is 18.8. The van der Waals surface area contributed by atoms with E-state index in [4.69, 9.17) is 28.4 Å². The molecule has 19 atom stereocenters. The minimum atomic E-state index is -2.02. The highest BCUT2D eigenvalue weighted by Crippen LogP contribution is 2.34. The lowest BCUT2D eigenvalue weighted by atomic mass is 9.94. The number of amides is 2. The quantitative estimate of drug-likeness (QED) is 0.0742. The van der Waals surface area contributed by atoms with Gasteiger partial charge in [0, 0.05) is 13.8 Å². The lowest BCUT2D eigenvalue weighted by Crippen LogP contribution is -2.70. The van der Waals surface area contributed by atoms with E-state index in [0.29, 0.717) is 0 Å². The molecule has 292 valence electrons. The number of rotatable bonds is 15. The van der Waals surface area contributed by atoms with Crippen molar-refractivity contribution in [1.29, 1.82) is 0 Å². The van der Waals surface area contributed by atoms with Gasteiger partial charge in [0.15, 0.2) is 18.9 Å². The van der Waals surface area contributed by atoms with E-state index in [1.54, 1.807) is 0 Å². The zero-order valence-electron chi connectivity index (χ0n) is 27.4. The van der Waals surface area contributed by atoms with E-state index in [1.165, 1.54) is 6.92 Å². The Hall–Kier alpha value is -1.78. The SMILES string of the molecule is CC(=O)N[C@H]1[C@H](O[C@@H]([C@@H](O)[C@H](O)CO)[C@H](CO)NC(C)=O)O[C@H](CO)[C@@H](O)[C@@H]1O[C@@H]1O[C@H](CO)[C@H](O)[C@H](O)[C@H]1O[C@@H]1O[C@@H](C)[C@@H](O)[C@@H](O)[C@@H]1O. The highest BCUT2D eigenvalue weighted by molar-refractivity contribution is 5.73. The monoisotopic (exact) mass is 734 g/mol. The second-order valence-corrected chi connectivity index (χ2v) is 12.4. The largest absolute Gasteiger partial charge is 0.394 e. The first kappa shape index (κ1) is 42.6. The Morgan fingerprint density at radius 3 is 1.80 bits per heavy atom. The summed E-state index contributed by atoms with van der Waals surface area (Å²) in [5, 5.41) is 129. The molecule has 3 rings (SSSR count). The maximum atomic E-state index is 12.4. The molecule has 0 aromatic rings. The van der Waals surface area contributed by atoms with Crippen molar-refractivity contribution in [3.63, 3.8) is 0 Å². The average Bonchev–Trinajstić information content (AvgIpc) is 3.08. The van der Waals surface area contributed by atoms with Crippen molar-refractivity contribution in [2.24, 2.45) is 0 Å². The highest BCUT2D eigenvalue weighted by atomic mass is 16.8. The molecule has 0 aliphatic carbocycles. The van der Waals surface area contributed by atoms with Gasteiger partial charge in [0.05, 0.1) is 38.6 Å². The van der Waals surface area contributed by atoms with E-state index in [9.17, 15) is 70.9 Å². The van der Waals surface area contributed by atoms with Crippen LogP contribution in [0.1, 0.15) is 20.8 Å². The minimum Gasteiger partial charge on any atom is -0.394 e. The third-order valence-corrected chi connectivity index (χ3v) is 8.63. The smallest absolute Gasteiger partial charge is 0.217 e. The van der Waals surface area contributed by atoms with Crippen LogP contribution in [0.25, 0.3) is 0 Å². The van der Waals surface area contributed by atoms with Crippen molar-refractivity contribution >= 4 is 11.8 Å². The molecular formula is C28H50N2O20. The number of aliphatic hydroxyl groups excluding tert-OH is 12. The van der Waals surface area contributed by atoms with Gasteiger partial charge >= 0.3 is 0 Å². The first-order valence-electron chi connectivity index (χ1n) is 15.9. The van der Waals surface area contributed by atoms with E-state index in [2.05, 4.69) is 10.6 Å². The lowest BCUT2D eigenvalue weighted by Gasteiger charge is -2.50. The van der Waals surface area contributed by atoms with Crippen molar-refractivity contribution in [2.45, 2.75) is 137 Å². The fraction of sp³-hybridized carbons (Fsp3) is 0.929. The molecule has 0 unspecified atom stereocenters. The second-order valence-electron chi connectivity index (χ2n) is 12.4. The van der Waals surface area contributed by atoms with E-state index in [-0.39, 0.29) is 0 Å².